The second-order valence-electron chi connectivity index (χ2n) is 10.9. The fourth-order valence-corrected chi connectivity index (χ4v) is 8.52. The van der Waals surface area contributed by atoms with Crippen LogP contribution < -0.4 is 10.5 Å². The van der Waals surface area contributed by atoms with Crippen LogP contribution >= 0.6 is 0 Å². The molecular weight excluding hydrogens is 457 g/mol. The van der Waals surface area contributed by atoms with Gasteiger partial charge in [0.15, 0.2) is 5.78 Å². The van der Waals surface area contributed by atoms with Crippen LogP contribution in [0.3, 0.4) is 0 Å². The van der Waals surface area contributed by atoms with E-state index in [1.54, 1.807) is 0 Å². The molecule has 1 amide bonds. The number of carbonyl (C=O) groups excluding carboxylic acids is 2. The van der Waals surface area contributed by atoms with Crippen molar-refractivity contribution in [2.24, 2.45) is 28.4 Å². The Labute approximate surface area is 191 Å². The molecule has 5 rings (SSSR count). The van der Waals surface area contributed by atoms with E-state index in [9.17, 15) is 31.2 Å². The quantitative estimate of drug-likeness (QED) is 0.612. The number of benzene rings is 1. The van der Waals surface area contributed by atoms with Gasteiger partial charge in [-0.25, -0.2) is 8.42 Å². The number of primary amides is 1. The molecule has 2 unspecified atom stereocenters. The van der Waals surface area contributed by atoms with Crippen LogP contribution in [0.4, 0.5) is 13.2 Å². The highest BCUT2D eigenvalue weighted by Gasteiger charge is 2.60. The molecule has 4 aliphatic carbocycles. The van der Waals surface area contributed by atoms with Crippen molar-refractivity contribution in [2.45, 2.75) is 75.4 Å². The molecule has 0 saturated heterocycles. The van der Waals surface area contributed by atoms with Gasteiger partial charge in [-0.05, 0) is 81.8 Å². The van der Waals surface area contributed by atoms with E-state index in [1.807, 2.05) is 0 Å². The van der Waals surface area contributed by atoms with Gasteiger partial charge in [-0.1, -0.05) is 12.1 Å². The maximum absolute atomic E-state index is 13.4. The summed E-state index contributed by atoms with van der Waals surface area (Å²) in [7, 11) is -4.63. The summed E-state index contributed by atoms with van der Waals surface area (Å²) in [6.07, 6.45) is -0.248. The van der Waals surface area contributed by atoms with Crippen molar-refractivity contribution in [1.29, 1.82) is 0 Å². The summed E-state index contributed by atoms with van der Waals surface area (Å²) in [4.78, 5) is 24.7. The number of nitrogens with one attached hydrogen (secondary N) is 1. The third-order valence-corrected chi connectivity index (χ3v) is 9.52. The van der Waals surface area contributed by atoms with Gasteiger partial charge in [-0.15, -0.1) is 0 Å². The topological polar surface area (TPSA) is 106 Å². The minimum atomic E-state index is -4.86. The molecule has 3 N–H and O–H groups in total. The molecule has 0 aromatic heterocycles. The summed E-state index contributed by atoms with van der Waals surface area (Å²) in [6, 6.07) is 3.89. The maximum atomic E-state index is 13.4. The predicted molar refractivity (Wildman–Crippen MR) is 114 cm³/mol. The van der Waals surface area contributed by atoms with Crippen LogP contribution in [0.5, 0.6) is 0 Å². The first-order chi connectivity index (χ1) is 15.1. The maximum Gasteiger partial charge on any atom is 0.417 e. The lowest BCUT2D eigenvalue weighted by molar-refractivity contribution is -0.158. The van der Waals surface area contributed by atoms with Crippen molar-refractivity contribution >= 4 is 21.7 Å². The molecule has 0 spiro atoms. The average Bonchev–Trinajstić information content (AvgIpc) is 2.65. The van der Waals surface area contributed by atoms with E-state index in [4.69, 9.17) is 5.73 Å². The second kappa shape index (κ2) is 7.53. The zero-order valence-corrected chi connectivity index (χ0v) is 19.5. The van der Waals surface area contributed by atoms with E-state index in [-0.39, 0.29) is 12.3 Å². The van der Waals surface area contributed by atoms with Crippen molar-refractivity contribution < 1.29 is 31.2 Å². The van der Waals surface area contributed by atoms with Crippen molar-refractivity contribution in [1.82, 2.24) is 4.72 Å². The normalized spacial score (nSPS) is 31.5. The van der Waals surface area contributed by atoms with Gasteiger partial charge in [0.2, 0.25) is 15.9 Å². The molecule has 1 aromatic carbocycles. The number of nitrogens with two attached hydrogens (primary N) is 1. The van der Waals surface area contributed by atoms with Crippen molar-refractivity contribution in [2.75, 3.05) is 0 Å². The molecule has 33 heavy (non-hydrogen) atoms. The average molecular weight is 487 g/mol. The minimum absolute atomic E-state index is 0.0610. The Hall–Kier alpha value is -1.94. The van der Waals surface area contributed by atoms with Gasteiger partial charge in [-0.3, -0.25) is 9.59 Å². The standard InChI is InChI=1S/C23H29F3N2O4S/c1-20(2,28-33(31,32)17-6-4-3-5-16(17)23(24,25)26)18(29)12-21-8-14-7-15(9-21)11-22(10-14,13-21)19(27)30/h3-6,14-15,28H,7-13H2,1-2H3,(H2,27,30). The number of hydrogen-bond acceptors (Lipinski definition) is 4. The van der Waals surface area contributed by atoms with Crippen LogP contribution in [-0.2, 0) is 25.8 Å². The van der Waals surface area contributed by atoms with E-state index >= 15 is 0 Å². The van der Waals surface area contributed by atoms with Crippen molar-refractivity contribution in [3.63, 3.8) is 0 Å². The van der Waals surface area contributed by atoms with E-state index in [0.717, 1.165) is 44.2 Å². The summed E-state index contributed by atoms with van der Waals surface area (Å²) in [5.74, 6) is -0.121. The number of ketones is 1. The number of hydrogen-bond donors (Lipinski definition) is 2. The van der Waals surface area contributed by atoms with Gasteiger partial charge in [0.1, 0.15) is 0 Å². The molecule has 1 aromatic rings. The van der Waals surface area contributed by atoms with Crippen LogP contribution in [0.2, 0.25) is 0 Å². The Bertz CT molecular complexity index is 1080. The highest BCUT2D eigenvalue weighted by atomic mass is 32.2. The summed E-state index contributed by atoms with van der Waals surface area (Å²) < 4.78 is 68.1. The predicted octanol–water partition coefficient (Wildman–Crippen LogP) is 3.79. The van der Waals surface area contributed by atoms with E-state index < -0.39 is 48.8 Å². The number of rotatable bonds is 7. The number of amides is 1. The number of alkyl halides is 3. The second-order valence-corrected chi connectivity index (χ2v) is 12.6. The molecule has 4 bridgehead atoms. The smallest absolute Gasteiger partial charge is 0.369 e. The molecule has 4 fully saturated rings. The number of sulfonamides is 1. The molecule has 0 heterocycles. The first-order valence-electron chi connectivity index (χ1n) is 11.1. The van der Waals surface area contributed by atoms with Crippen LogP contribution in [0, 0.1) is 22.7 Å². The van der Waals surface area contributed by atoms with Crippen LogP contribution in [0.25, 0.3) is 0 Å². The Morgan fingerprint density at radius 1 is 1.09 bits per heavy atom. The highest BCUT2D eigenvalue weighted by Crippen LogP contribution is 2.66. The van der Waals surface area contributed by atoms with E-state index in [2.05, 4.69) is 4.72 Å². The zero-order valence-electron chi connectivity index (χ0n) is 18.7. The van der Waals surface area contributed by atoms with Gasteiger partial charge < -0.3 is 5.73 Å². The Balaban J connectivity index is 1.57. The van der Waals surface area contributed by atoms with E-state index in [1.165, 1.54) is 19.9 Å². The molecule has 182 valence electrons. The SMILES string of the molecule is CC(C)(NS(=O)(=O)c1ccccc1C(F)(F)F)C(=O)CC12CC3CC(C1)CC(C(N)=O)(C3)C2. The Morgan fingerprint density at radius 3 is 2.21 bits per heavy atom. The first kappa shape index (κ1) is 24.2. The van der Waals surface area contributed by atoms with Gasteiger partial charge in [-0.2, -0.15) is 17.9 Å². The highest BCUT2D eigenvalue weighted by molar-refractivity contribution is 7.89. The fraction of sp³-hybridized carbons (Fsp3) is 0.652. The summed E-state index contributed by atoms with van der Waals surface area (Å²) in [5, 5.41) is 0. The largest absolute Gasteiger partial charge is 0.417 e. The monoisotopic (exact) mass is 486 g/mol. The van der Waals surface area contributed by atoms with Gasteiger partial charge >= 0.3 is 6.18 Å². The van der Waals surface area contributed by atoms with Crippen LogP contribution in [0.1, 0.15) is 64.4 Å². The molecule has 10 heteroatoms. The Morgan fingerprint density at radius 2 is 1.67 bits per heavy atom. The number of halogens is 3. The molecule has 4 saturated carbocycles. The van der Waals surface area contributed by atoms with E-state index in [0.29, 0.717) is 24.3 Å². The molecule has 0 radical (unpaired) electrons. The third-order valence-electron chi connectivity index (χ3n) is 7.81. The molecule has 4 aliphatic rings. The van der Waals surface area contributed by atoms with Crippen LogP contribution in [0.15, 0.2) is 29.2 Å². The summed E-state index contributed by atoms with van der Waals surface area (Å²) in [5.41, 5.74) is 1.81. The number of carbonyl (C=O) groups is 2. The molecular formula is C23H29F3N2O4S. The Kier molecular flexibility index (Phi) is 5.52. The van der Waals surface area contributed by atoms with Gasteiger partial charge in [0.25, 0.3) is 0 Å². The lowest BCUT2D eigenvalue weighted by atomic mass is 9.43. The van der Waals surface area contributed by atoms with Gasteiger partial charge in [0.05, 0.1) is 21.4 Å². The van der Waals surface area contributed by atoms with Crippen LogP contribution in [-0.4, -0.2) is 25.6 Å². The molecule has 0 aliphatic heterocycles. The lowest BCUT2D eigenvalue weighted by Gasteiger charge is -2.61. The molecule has 2 atom stereocenters. The first-order valence-corrected chi connectivity index (χ1v) is 12.6. The third kappa shape index (κ3) is 4.32. The molecule has 6 nitrogen and oxygen atoms in total. The van der Waals surface area contributed by atoms with Crippen molar-refractivity contribution in [3.05, 3.63) is 29.8 Å². The van der Waals surface area contributed by atoms with Crippen molar-refractivity contribution in [3.8, 4) is 0 Å². The summed E-state index contributed by atoms with van der Waals surface area (Å²) in [6.45, 7) is 2.74. The zero-order chi connectivity index (χ0) is 24.4. The lowest BCUT2D eigenvalue weighted by Crippen LogP contribution is -2.58. The van der Waals surface area contributed by atoms with Gasteiger partial charge in [0, 0.05) is 6.42 Å². The minimum Gasteiger partial charge on any atom is -0.369 e. The number of Topliss-reactive ketones (excluding diaryl/α,β-unsaturated/α-hetero) is 1. The fourth-order valence-electron chi connectivity index (χ4n) is 6.89. The summed E-state index contributed by atoms with van der Waals surface area (Å²) >= 11 is 0.